The minimum atomic E-state index is -0.469. The Bertz CT molecular complexity index is 347. The quantitative estimate of drug-likeness (QED) is 0.721. The highest BCUT2D eigenvalue weighted by atomic mass is 16.3. The fourth-order valence-electron chi connectivity index (χ4n) is 2.78. The fraction of sp³-hybridized carbons (Fsp3) is 0.600. The average Bonchev–Trinajstić information content (AvgIpc) is 2.89. The maximum atomic E-state index is 10.0. The van der Waals surface area contributed by atoms with Crippen LogP contribution in [-0.2, 0) is 0 Å². The maximum Gasteiger partial charge on any atom is 0.0914 e. The molecule has 0 aromatic heterocycles. The molecule has 1 aliphatic rings. The number of rotatable bonds is 6. The van der Waals surface area contributed by atoms with Gasteiger partial charge in [0.05, 0.1) is 6.10 Å². The van der Waals surface area contributed by atoms with Gasteiger partial charge in [0.2, 0.25) is 0 Å². The summed E-state index contributed by atoms with van der Waals surface area (Å²) in [4.78, 5) is 0. The second kappa shape index (κ2) is 6.32. The molecule has 0 bridgehead atoms. The van der Waals surface area contributed by atoms with Crippen molar-refractivity contribution >= 4 is 0 Å². The highest BCUT2D eigenvalue weighted by molar-refractivity contribution is 5.17. The Labute approximate surface area is 109 Å². The smallest absolute Gasteiger partial charge is 0.0914 e. The molecule has 3 heteroatoms. The zero-order chi connectivity index (χ0) is 12.8. The molecule has 3 N–H and O–H groups in total. The highest BCUT2D eigenvalue weighted by Crippen LogP contribution is 2.36. The SMILES string of the molecule is OCC1(CNCC(O)c2ccccc2)CCCC1. The summed E-state index contributed by atoms with van der Waals surface area (Å²) < 4.78 is 0. The summed E-state index contributed by atoms with van der Waals surface area (Å²) in [5.74, 6) is 0. The molecule has 0 aliphatic heterocycles. The number of benzene rings is 1. The van der Waals surface area contributed by atoms with E-state index in [1.165, 1.54) is 12.8 Å². The van der Waals surface area contributed by atoms with Gasteiger partial charge in [-0.25, -0.2) is 0 Å². The van der Waals surface area contributed by atoms with Gasteiger partial charge in [-0.1, -0.05) is 43.2 Å². The Hall–Kier alpha value is -0.900. The van der Waals surface area contributed by atoms with E-state index in [-0.39, 0.29) is 12.0 Å². The molecule has 2 rings (SSSR count). The lowest BCUT2D eigenvalue weighted by Gasteiger charge is -2.27. The first-order valence-electron chi connectivity index (χ1n) is 6.80. The summed E-state index contributed by atoms with van der Waals surface area (Å²) in [5, 5.41) is 22.8. The van der Waals surface area contributed by atoms with Crippen LogP contribution in [0.1, 0.15) is 37.4 Å². The van der Waals surface area contributed by atoms with Crippen molar-refractivity contribution in [2.24, 2.45) is 5.41 Å². The van der Waals surface area contributed by atoms with E-state index in [1.54, 1.807) is 0 Å². The van der Waals surface area contributed by atoms with E-state index < -0.39 is 6.10 Å². The zero-order valence-electron chi connectivity index (χ0n) is 10.8. The maximum absolute atomic E-state index is 10.0. The normalized spacial score (nSPS) is 19.9. The number of hydrogen-bond acceptors (Lipinski definition) is 3. The van der Waals surface area contributed by atoms with Crippen LogP contribution in [0.2, 0.25) is 0 Å². The average molecular weight is 249 g/mol. The summed E-state index contributed by atoms with van der Waals surface area (Å²) in [6.07, 6.45) is 4.14. The van der Waals surface area contributed by atoms with Crippen molar-refractivity contribution < 1.29 is 10.2 Å². The summed E-state index contributed by atoms with van der Waals surface area (Å²) in [5.41, 5.74) is 0.991. The molecule has 0 saturated heterocycles. The van der Waals surface area contributed by atoms with Crippen LogP contribution in [0.15, 0.2) is 30.3 Å². The van der Waals surface area contributed by atoms with Crippen LogP contribution >= 0.6 is 0 Å². The van der Waals surface area contributed by atoms with Crippen molar-refractivity contribution in [1.82, 2.24) is 5.32 Å². The summed E-state index contributed by atoms with van der Waals surface area (Å²) in [6.45, 7) is 1.60. The van der Waals surface area contributed by atoms with Crippen LogP contribution in [-0.4, -0.2) is 29.9 Å². The van der Waals surface area contributed by atoms with Gasteiger partial charge in [-0.05, 0) is 18.4 Å². The standard InChI is InChI=1S/C15H23NO2/c17-12-15(8-4-5-9-15)11-16-10-14(18)13-6-2-1-3-7-13/h1-3,6-7,14,16-18H,4-5,8-12H2. The third kappa shape index (κ3) is 3.31. The predicted octanol–water partition coefficient (Wildman–Crippen LogP) is 1.86. The first-order valence-corrected chi connectivity index (χ1v) is 6.80. The molecule has 1 aromatic rings. The monoisotopic (exact) mass is 249 g/mol. The molecule has 1 aliphatic carbocycles. The van der Waals surface area contributed by atoms with E-state index in [1.807, 2.05) is 30.3 Å². The lowest BCUT2D eigenvalue weighted by atomic mass is 9.87. The zero-order valence-corrected chi connectivity index (χ0v) is 10.8. The molecule has 0 spiro atoms. The molecule has 100 valence electrons. The van der Waals surface area contributed by atoms with Crippen molar-refractivity contribution in [1.29, 1.82) is 0 Å². The minimum Gasteiger partial charge on any atom is -0.396 e. The first-order chi connectivity index (χ1) is 8.76. The van der Waals surface area contributed by atoms with Crippen LogP contribution in [0.5, 0.6) is 0 Å². The molecule has 1 atom stereocenters. The van der Waals surface area contributed by atoms with Gasteiger partial charge in [-0.15, -0.1) is 0 Å². The molecule has 1 aromatic carbocycles. The molecule has 0 radical (unpaired) electrons. The van der Waals surface area contributed by atoms with Crippen molar-refractivity contribution in [3.05, 3.63) is 35.9 Å². The van der Waals surface area contributed by atoms with Crippen molar-refractivity contribution in [2.45, 2.75) is 31.8 Å². The molecule has 1 fully saturated rings. The molecule has 0 amide bonds. The van der Waals surface area contributed by atoms with Crippen molar-refractivity contribution in [3.63, 3.8) is 0 Å². The fourth-order valence-corrected chi connectivity index (χ4v) is 2.78. The Morgan fingerprint density at radius 1 is 1.17 bits per heavy atom. The van der Waals surface area contributed by atoms with Crippen LogP contribution in [0, 0.1) is 5.41 Å². The van der Waals surface area contributed by atoms with Crippen molar-refractivity contribution in [3.8, 4) is 0 Å². The van der Waals surface area contributed by atoms with Gasteiger partial charge in [0.1, 0.15) is 0 Å². The lowest BCUT2D eigenvalue weighted by Crippen LogP contribution is -2.37. The van der Waals surface area contributed by atoms with Crippen LogP contribution in [0.4, 0.5) is 0 Å². The van der Waals surface area contributed by atoms with Crippen LogP contribution in [0.25, 0.3) is 0 Å². The highest BCUT2D eigenvalue weighted by Gasteiger charge is 2.32. The molecule has 18 heavy (non-hydrogen) atoms. The summed E-state index contributed by atoms with van der Waals surface area (Å²) >= 11 is 0. The van der Waals surface area contributed by atoms with E-state index in [2.05, 4.69) is 5.32 Å². The van der Waals surface area contributed by atoms with Crippen LogP contribution in [0.3, 0.4) is 0 Å². The molecule has 0 heterocycles. The second-order valence-electron chi connectivity index (χ2n) is 5.42. The Balaban J connectivity index is 1.78. The van der Waals surface area contributed by atoms with E-state index >= 15 is 0 Å². The van der Waals surface area contributed by atoms with E-state index in [9.17, 15) is 10.2 Å². The van der Waals surface area contributed by atoms with Gasteiger partial charge in [-0.3, -0.25) is 0 Å². The van der Waals surface area contributed by atoms with Crippen LogP contribution < -0.4 is 5.32 Å². The molecule has 1 saturated carbocycles. The summed E-state index contributed by atoms with van der Waals surface area (Å²) in [7, 11) is 0. The van der Waals surface area contributed by atoms with E-state index in [4.69, 9.17) is 0 Å². The largest absolute Gasteiger partial charge is 0.396 e. The van der Waals surface area contributed by atoms with E-state index in [0.29, 0.717) is 6.54 Å². The van der Waals surface area contributed by atoms with Gasteiger partial charge < -0.3 is 15.5 Å². The van der Waals surface area contributed by atoms with Gasteiger partial charge in [-0.2, -0.15) is 0 Å². The Morgan fingerprint density at radius 3 is 2.44 bits per heavy atom. The molecule has 3 nitrogen and oxygen atoms in total. The van der Waals surface area contributed by atoms with Gasteiger partial charge in [0.15, 0.2) is 0 Å². The number of hydrogen-bond donors (Lipinski definition) is 3. The molecular formula is C15H23NO2. The number of aliphatic hydroxyl groups is 2. The topological polar surface area (TPSA) is 52.5 Å². The molecular weight excluding hydrogens is 226 g/mol. The van der Waals surface area contributed by atoms with E-state index in [0.717, 1.165) is 24.9 Å². The first kappa shape index (κ1) is 13.5. The minimum absolute atomic E-state index is 0.0520. The third-order valence-corrected chi connectivity index (χ3v) is 4.02. The number of nitrogens with one attached hydrogen (secondary N) is 1. The summed E-state index contributed by atoms with van der Waals surface area (Å²) in [6, 6.07) is 9.69. The lowest BCUT2D eigenvalue weighted by molar-refractivity contribution is 0.117. The van der Waals surface area contributed by atoms with Gasteiger partial charge in [0.25, 0.3) is 0 Å². The second-order valence-corrected chi connectivity index (χ2v) is 5.42. The Kier molecular flexibility index (Phi) is 4.75. The van der Waals surface area contributed by atoms with Gasteiger partial charge in [0, 0.05) is 25.1 Å². The van der Waals surface area contributed by atoms with Crippen molar-refractivity contribution in [2.75, 3.05) is 19.7 Å². The number of aliphatic hydroxyl groups excluding tert-OH is 2. The predicted molar refractivity (Wildman–Crippen MR) is 72.3 cm³/mol. The van der Waals surface area contributed by atoms with Gasteiger partial charge >= 0.3 is 0 Å². The Morgan fingerprint density at radius 2 is 1.83 bits per heavy atom. The molecule has 1 unspecified atom stereocenters. The third-order valence-electron chi connectivity index (χ3n) is 4.02.